The number of hydrogen-bond donors (Lipinski definition) is 1. The van der Waals surface area contributed by atoms with Crippen molar-refractivity contribution in [2.75, 3.05) is 0 Å². The van der Waals surface area contributed by atoms with Crippen LogP contribution in [0.1, 0.15) is 16.2 Å². The Morgan fingerprint density at radius 1 is 1.36 bits per heavy atom. The summed E-state index contributed by atoms with van der Waals surface area (Å²) in [6.45, 7) is 3.78. The lowest BCUT2D eigenvalue weighted by molar-refractivity contribution is 0.481. The highest BCUT2D eigenvalue weighted by Gasteiger charge is 2.00. The molecule has 2 heterocycles. The van der Waals surface area contributed by atoms with E-state index in [1.807, 2.05) is 6.07 Å². The summed E-state index contributed by atoms with van der Waals surface area (Å²) in [5, 5.41) is 5.44. The normalized spacial score (nSPS) is 10.6. The molecule has 2 aromatic rings. The zero-order chi connectivity index (χ0) is 9.80. The fourth-order valence-corrected chi connectivity index (χ4v) is 1.97. The van der Waals surface area contributed by atoms with Crippen LogP contribution in [0.25, 0.3) is 0 Å². The van der Waals surface area contributed by atoms with Gasteiger partial charge in [-0.2, -0.15) is 0 Å². The van der Waals surface area contributed by atoms with Crippen LogP contribution >= 0.6 is 11.3 Å². The molecule has 0 atom stereocenters. The molecular formula is C11H13NOS. The summed E-state index contributed by atoms with van der Waals surface area (Å²) < 4.78 is 5.32. The minimum Gasteiger partial charge on any atom is -0.468 e. The largest absolute Gasteiger partial charge is 0.468 e. The Kier molecular flexibility index (Phi) is 3.01. The van der Waals surface area contributed by atoms with Gasteiger partial charge in [-0.15, -0.1) is 11.3 Å². The number of aryl methyl sites for hydroxylation is 1. The molecule has 0 saturated carbocycles. The van der Waals surface area contributed by atoms with Gasteiger partial charge in [-0.3, -0.25) is 0 Å². The minimum atomic E-state index is 0.802. The molecule has 74 valence electrons. The maximum absolute atomic E-state index is 5.32. The quantitative estimate of drug-likeness (QED) is 0.834. The predicted molar refractivity (Wildman–Crippen MR) is 58.3 cm³/mol. The topological polar surface area (TPSA) is 25.2 Å². The van der Waals surface area contributed by atoms with Crippen molar-refractivity contribution in [3.05, 3.63) is 46.0 Å². The highest BCUT2D eigenvalue weighted by molar-refractivity contribution is 7.09. The first-order chi connectivity index (χ1) is 6.86. The van der Waals surface area contributed by atoms with Crippen molar-refractivity contribution in [3.63, 3.8) is 0 Å². The van der Waals surface area contributed by atoms with Gasteiger partial charge in [-0.1, -0.05) is 6.07 Å². The van der Waals surface area contributed by atoms with E-state index in [9.17, 15) is 0 Å². The lowest BCUT2D eigenvalue weighted by Crippen LogP contribution is -2.11. The van der Waals surface area contributed by atoms with Crippen molar-refractivity contribution in [1.82, 2.24) is 5.32 Å². The molecule has 0 bridgehead atoms. The lowest BCUT2D eigenvalue weighted by Gasteiger charge is -2.00. The Labute approximate surface area is 87.6 Å². The fourth-order valence-electron chi connectivity index (χ4n) is 1.30. The molecule has 0 aromatic carbocycles. The van der Waals surface area contributed by atoms with Crippen LogP contribution in [0.3, 0.4) is 0 Å². The van der Waals surface area contributed by atoms with Crippen molar-refractivity contribution in [3.8, 4) is 0 Å². The molecule has 1 N–H and O–H groups in total. The highest BCUT2D eigenvalue weighted by Crippen LogP contribution is 2.10. The molecule has 0 fully saturated rings. The first-order valence-corrected chi connectivity index (χ1v) is 5.50. The average Bonchev–Trinajstić information content (AvgIpc) is 2.78. The van der Waals surface area contributed by atoms with Crippen molar-refractivity contribution in [2.24, 2.45) is 0 Å². The maximum Gasteiger partial charge on any atom is 0.120 e. The Balaban J connectivity index is 1.81. The van der Waals surface area contributed by atoms with Crippen LogP contribution in [0.4, 0.5) is 0 Å². The van der Waals surface area contributed by atoms with E-state index in [-0.39, 0.29) is 0 Å². The number of rotatable bonds is 4. The van der Waals surface area contributed by atoms with E-state index < -0.39 is 0 Å². The van der Waals surface area contributed by atoms with Gasteiger partial charge in [0.1, 0.15) is 5.76 Å². The number of nitrogens with one attached hydrogen (secondary N) is 1. The minimum absolute atomic E-state index is 0.802. The first-order valence-electron chi connectivity index (χ1n) is 4.62. The molecule has 0 aliphatic heterocycles. The van der Waals surface area contributed by atoms with Gasteiger partial charge < -0.3 is 9.73 Å². The summed E-state index contributed by atoms with van der Waals surface area (Å²) in [5.41, 5.74) is 1.21. The van der Waals surface area contributed by atoms with Gasteiger partial charge in [0.2, 0.25) is 0 Å². The monoisotopic (exact) mass is 207 g/mol. The molecule has 2 rings (SSSR count). The zero-order valence-electron chi connectivity index (χ0n) is 8.12. The van der Waals surface area contributed by atoms with E-state index in [1.54, 1.807) is 17.6 Å². The van der Waals surface area contributed by atoms with Crippen LogP contribution in [0.2, 0.25) is 0 Å². The van der Waals surface area contributed by atoms with Gasteiger partial charge in [-0.05, 0) is 30.0 Å². The van der Waals surface area contributed by atoms with Crippen molar-refractivity contribution in [1.29, 1.82) is 0 Å². The van der Waals surface area contributed by atoms with Crippen LogP contribution in [0, 0.1) is 6.92 Å². The van der Waals surface area contributed by atoms with Crippen molar-refractivity contribution in [2.45, 2.75) is 20.0 Å². The first kappa shape index (κ1) is 9.49. The summed E-state index contributed by atoms with van der Waals surface area (Å²) in [6, 6.07) is 6.19. The SMILES string of the molecule is Cc1ccoc1CNCc1cccs1. The third-order valence-electron chi connectivity index (χ3n) is 2.13. The van der Waals surface area contributed by atoms with Crippen LogP contribution < -0.4 is 5.32 Å². The van der Waals surface area contributed by atoms with Crippen LogP contribution in [-0.2, 0) is 13.1 Å². The zero-order valence-corrected chi connectivity index (χ0v) is 8.93. The lowest BCUT2D eigenvalue weighted by atomic mass is 10.3. The van der Waals surface area contributed by atoms with Crippen molar-refractivity contribution < 1.29 is 4.42 Å². The van der Waals surface area contributed by atoms with E-state index in [0.29, 0.717) is 0 Å². The van der Waals surface area contributed by atoms with Crippen LogP contribution in [0.15, 0.2) is 34.3 Å². The smallest absolute Gasteiger partial charge is 0.120 e. The Bertz CT molecular complexity index is 378. The summed E-state index contributed by atoms with van der Waals surface area (Å²) in [4.78, 5) is 1.36. The molecule has 0 spiro atoms. The van der Waals surface area contributed by atoms with Crippen LogP contribution in [-0.4, -0.2) is 0 Å². The molecule has 0 amide bonds. The predicted octanol–water partition coefficient (Wildman–Crippen LogP) is 2.94. The van der Waals surface area contributed by atoms with E-state index in [4.69, 9.17) is 4.42 Å². The molecule has 0 saturated heterocycles. The second-order valence-corrected chi connectivity index (χ2v) is 4.24. The Morgan fingerprint density at radius 2 is 2.29 bits per heavy atom. The van der Waals surface area contributed by atoms with E-state index in [0.717, 1.165) is 18.8 Å². The van der Waals surface area contributed by atoms with Gasteiger partial charge in [0, 0.05) is 11.4 Å². The standard InChI is InChI=1S/C11H13NOS/c1-9-4-5-13-11(9)8-12-7-10-3-2-6-14-10/h2-6,12H,7-8H2,1H3. The third-order valence-corrected chi connectivity index (χ3v) is 3.01. The highest BCUT2D eigenvalue weighted by atomic mass is 32.1. The molecule has 0 aliphatic rings. The third kappa shape index (κ3) is 2.25. The van der Waals surface area contributed by atoms with Gasteiger partial charge in [-0.25, -0.2) is 0 Å². The van der Waals surface area contributed by atoms with Gasteiger partial charge in [0.15, 0.2) is 0 Å². The molecule has 14 heavy (non-hydrogen) atoms. The molecule has 3 heteroatoms. The molecule has 2 aromatic heterocycles. The van der Waals surface area contributed by atoms with E-state index in [1.165, 1.54) is 10.4 Å². The number of furan rings is 1. The maximum atomic E-state index is 5.32. The van der Waals surface area contributed by atoms with Crippen LogP contribution in [0.5, 0.6) is 0 Å². The molecule has 0 aliphatic carbocycles. The summed E-state index contributed by atoms with van der Waals surface area (Å²) >= 11 is 1.77. The summed E-state index contributed by atoms with van der Waals surface area (Å²) in [7, 11) is 0. The number of thiophene rings is 1. The molecular weight excluding hydrogens is 194 g/mol. The van der Waals surface area contributed by atoms with E-state index >= 15 is 0 Å². The van der Waals surface area contributed by atoms with E-state index in [2.05, 4.69) is 29.8 Å². The molecule has 0 radical (unpaired) electrons. The van der Waals surface area contributed by atoms with Crippen molar-refractivity contribution >= 4 is 11.3 Å². The average molecular weight is 207 g/mol. The summed E-state index contributed by atoms with van der Waals surface area (Å²) in [6.07, 6.45) is 1.73. The fraction of sp³-hybridized carbons (Fsp3) is 0.273. The Morgan fingerprint density at radius 3 is 2.93 bits per heavy atom. The van der Waals surface area contributed by atoms with Gasteiger partial charge in [0.05, 0.1) is 12.8 Å². The molecule has 0 unspecified atom stereocenters. The molecule has 2 nitrogen and oxygen atoms in total. The number of hydrogen-bond acceptors (Lipinski definition) is 3. The van der Waals surface area contributed by atoms with Gasteiger partial charge in [0.25, 0.3) is 0 Å². The second-order valence-electron chi connectivity index (χ2n) is 3.21. The second kappa shape index (κ2) is 4.44. The Hall–Kier alpha value is -1.06. The van der Waals surface area contributed by atoms with Gasteiger partial charge >= 0.3 is 0 Å². The summed E-state index contributed by atoms with van der Waals surface area (Å²) in [5.74, 6) is 1.03.